The molecule has 1 rings (SSSR count). The topological polar surface area (TPSA) is 127 Å². The smallest absolute Gasteiger partial charge is 0.346 e. The SMILES string of the molecule is CSc1nc(=O)[nH]c(C)c1C(=O)NOCC(N)=O. The highest BCUT2D eigenvalue weighted by atomic mass is 32.2. The highest BCUT2D eigenvalue weighted by Gasteiger charge is 2.17. The van der Waals surface area contributed by atoms with Crippen molar-refractivity contribution in [3.63, 3.8) is 0 Å². The van der Waals surface area contributed by atoms with Gasteiger partial charge in [0.05, 0.1) is 5.56 Å². The third kappa shape index (κ3) is 3.57. The molecule has 1 aromatic rings. The Balaban J connectivity index is 2.91. The van der Waals surface area contributed by atoms with Gasteiger partial charge in [-0.2, -0.15) is 4.98 Å². The van der Waals surface area contributed by atoms with E-state index in [1.165, 1.54) is 0 Å². The molecule has 18 heavy (non-hydrogen) atoms. The Bertz CT molecular complexity index is 528. The first kappa shape index (κ1) is 14.2. The van der Waals surface area contributed by atoms with E-state index in [1.54, 1.807) is 13.2 Å². The average molecular weight is 272 g/mol. The van der Waals surface area contributed by atoms with Gasteiger partial charge < -0.3 is 10.7 Å². The molecule has 4 N–H and O–H groups in total. The fraction of sp³-hybridized carbons (Fsp3) is 0.333. The number of nitrogens with two attached hydrogens (primary N) is 1. The predicted molar refractivity (Wildman–Crippen MR) is 64.0 cm³/mol. The Morgan fingerprint density at radius 1 is 1.56 bits per heavy atom. The van der Waals surface area contributed by atoms with E-state index in [2.05, 4.69) is 20.3 Å². The Hall–Kier alpha value is -1.87. The minimum Gasteiger partial charge on any atom is -0.368 e. The second-order valence-corrected chi connectivity index (χ2v) is 4.03. The molecule has 98 valence electrons. The molecular weight excluding hydrogens is 260 g/mol. The van der Waals surface area contributed by atoms with Crippen molar-refractivity contribution in [3.8, 4) is 0 Å². The lowest BCUT2D eigenvalue weighted by Gasteiger charge is -2.09. The maximum atomic E-state index is 11.8. The van der Waals surface area contributed by atoms with E-state index in [1.807, 2.05) is 0 Å². The third-order valence-corrected chi connectivity index (χ3v) is 2.57. The lowest BCUT2D eigenvalue weighted by Crippen LogP contribution is -2.31. The number of amides is 2. The summed E-state index contributed by atoms with van der Waals surface area (Å²) in [7, 11) is 0. The molecule has 0 aliphatic carbocycles. The number of H-pyrrole nitrogens is 1. The van der Waals surface area contributed by atoms with Gasteiger partial charge in [-0.1, -0.05) is 0 Å². The van der Waals surface area contributed by atoms with Gasteiger partial charge in [-0.05, 0) is 13.2 Å². The summed E-state index contributed by atoms with van der Waals surface area (Å²) >= 11 is 1.15. The molecule has 2 amide bonds. The van der Waals surface area contributed by atoms with Crippen LogP contribution in [0, 0.1) is 6.92 Å². The molecule has 0 aliphatic heterocycles. The third-order valence-electron chi connectivity index (χ3n) is 1.89. The Kier molecular flexibility index (Phi) is 4.86. The highest BCUT2D eigenvalue weighted by molar-refractivity contribution is 7.98. The molecule has 0 radical (unpaired) electrons. The number of nitrogens with one attached hydrogen (secondary N) is 2. The second kappa shape index (κ2) is 6.17. The van der Waals surface area contributed by atoms with Gasteiger partial charge in [0.1, 0.15) is 5.03 Å². The Morgan fingerprint density at radius 2 is 2.22 bits per heavy atom. The number of carbonyl (C=O) groups is 2. The van der Waals surface area contributed by atoms with E-state index in [0.29, 0.717) is 5.69 Å². The average Bonchev–Trinajstić information content (AvgIpc) is 2.26. The molecule has 9 heteroatoms. The number of hydrogen-bond acceptors (Lipinski definition) is 6. The van der Waals surface area contributed by atoms with E-state index in [9.17, 15) is 14.4 Å². The summed E-state index contributed by atoms with van der Waals surface area (Å²) in [5.74, 6) is -1.32. The molecule has 0 atom stereocenters. The zero-order chi connectivity index (χ0) is 13.7. The number of aromatic amines is 1. The second-order valence-electron chi connectivity index (χ2n) is 3.24. The van der Waals surface area contributed by atoms with E-state index in [4.69, 9.17) is 5.73 Å². The molecule has 0 bridgehead atoms. The summed E-state index contributed by atoms with van der Waals surface area (Å²) < 4.78 is 0. The van der Waals surface area contributed by atoms with Crippen LogP contribution >= 0.6 is 11.8 Å². The number of hydrogen-bond donors (Lipinski definition) is 3. The highest BCUT2D eigenvalue weighted by Crippen LogP contribution is 2.17. The number of aromatic nitrogens is 2. The van der Waals surface area contributed by atoms with Crippen molar-refractivity contribution in [2.45, 2.75) is 11.9 Å². The van der Waals surface area contributed by atoms with Crippen LogP contribution in [0.15, 0.2) is 9.82 Å². The fourth-order valence-electron chi connectivity index (χ4n) is 1.20. The normalized spacial score (nSPS) is 10.1. The summed E-state index contributed by atoms with van der Waals surface area (Å²) in [6.07, 6.45) is 1.68. The maximum absolute atomic E-state index is 11.8. The first-order valence-corrected chi connectivity index (χ1v) is 6.03. The largest absolute Gasteiger partial charge is 0.368 e. The zero-order valence-electron chi connectivity index (χ0n) is 9.77. The molecular formula is C9H12N4O4S. The number of aryl methyl sites for hydroxylation is 1. The van der Waals surface area contributed by atoms with Gasteiger partial charge in [0.2, 0.25) is 5.91 Å². The molecule has 0 saturated carbocycles. The number of carbonyl (C=O) groups excluding carboxylic acids is 2. The summed E-state index contributed by atoms with van der Waals surface area (Å²) in [6.45, 7) is 1.13. The minimum absolute atomic E-state index is 0.187. The monoisotopic (exact) mass is 272 g/mol. The molecule has 1 heterocycles. The quantitative estimate of drug-likeness (QED) is 0.356. The Labute approximate surface area is 106 Å². The summed E-state index contributed by atoms with van der Waals surface area (Å²) in [4.78, 5) is 44.0. The van der Waals surface area contributed by atoms with Gasteiger partial charge in [-0.3, -0.25) is 14.4 Å². The van der Waals surface area contributed by atoms with Crippen LogP contribution in [-0.2, 0) is 9.63 Å². The maximum Gasteiger partial charge on any atom is 0.346 e. The molecule has 8 nitrogen and oxygen atoms in total. The lowest BCUT2D eigenvalue weighted by molar-refractivity contribution is -0.124. The number of rotatable bonds is 5. The van der Waals surface area contributed by atoms with Crippen molar-refractivity contribution >= 4 is 23.6 Å². The van der Waals surface area contributed by atoms with Crippen LogP contribution < -0.4 is 16.9 Å². The lowest BCUT2D eigenvalue weighted by atomic mass is 10.2. The van der Waals surface area contributed by atoms with E-state index >= 15 is 0 Å². The molecule has 0 aromatic carbocycles. The molecule has 0 saturated heterocycles. The fourth-order valence-corrected chi connectivity index (χ4v) is 1.82. The molecule has 0 fully saturated rings. The standard InChI is InChI=1S/C9H12N4O4S/c1-4-6(7(15)13-17-3-5(10)14)8(18-2)12-9(16)11-4/h3H2,1-2H3,(H2,10,14)(H,13,15)(H,11,12,16). The van der Waals surface area contributed by atoms with Crippen LogP contribution in [0.2, 0.25) is 0 Å². The molecule has 1 aromatic heterocycles. The van der Waals surface area contributed by atoms with Gasteiger partial charge in [0.25, 0.3) is 5.91 Å². The van der Waals surface area contributed by atoms with Crippen LogP contribution in [0.5, 0.6) is 0 Å². The van der Waals surface area contributed by atoms with Gasteiger partial charge in [0.15, 0.2) is 6.61 Å². The van der Waals surface area contributed by atoms with Crippen LogP contribution in [0.25, 0.3) is 0 Å². The van der Waals surface area contributed by atoms with E-state index in [-0.39, 0.29) is 10.6 Å². The summed E-state index contributed by atoms with van der Waals surface area (Å²) in [5, 5.41) is 0.274. The van der Waals surface area contributed by atoms with Gasteiger partial charge in [-0.15, -0.1) is 11.8 Å². The van der Waals surface area contributed by atoms with Gasteiger partial charge in [-0.25, -0.2) is 10.3 Å². The summed E-state index contributed by atoms with van der Waals surface area (Å²) in [5.41, 5.74) is 6.91. The van der Waals surface area contributed by atoms with Crippen LogP contribution in [-0.4, -0.2) is 34.6 Å². The van der Waals surface area contributed by atoms with Crippen molar-refractivity contribution in [1.29, 1.82) is 0 Å². The molecule has 0 aliphatic rings. The van der Waals surface area contributed by atoms with E-state index in [0.717, 1.165) is 11.8 Å². The number of primary amides is 1. The number of nitrogens with zero attached hydrogens (tertiary/aromatic N) is 1. The number of thioether (sulfide) groups is 1. The molecule has 0 spiro atoms. The van der Waals surface area contributed by atoms with Crippen molar-refractivity contribution in [3.05, 3.63) is 21.7 Å². The van der Waals surface area contributed by atoms with Crippen LogP contribution in [0.3, 0.4) is 0 Å². The van der Waals surface area contributed by atoms with E-state index < -0.39 is 24.1 Å². The predicted octanol–water partition coefficient (Wildman–Crippen LogP) is -1.05. The molecule has 0 unspecified atom stereocenters. The van der Waals surface area contributed by atoms with Gasteiger partial charge >= 0.3 is 5.69 Å². The Morgan fingerprint density at radius 3 is 2.78 bits per heavy atom. The first-order valence-electron chi connectivity index (χ1n) is 4.81. The summed E-state index contributed by atoms with van der Waals surface area (Å²) in [6, 6.07) is 0. The van der Waals surface area contributed by atoms with Crippen LogP contribution in [0.1, 0.15) is 16.1 Å². The number of hydroxylamine groups is 1. The first-order chi connectivity index (χ1) is 8.45. The van der Waals surface area contributed by atoms with Gasteiger partial charge in [0, 0.05) is 5.69 Å². The zero-order valence-corrected chi connectivity index (χ0v) is 10.6. The van der Waals surface area contributed by atoms with Crippen molar-refractivity contribution in [1.82, 2.24) is 15.4 Å². The van der Waals surface area contributed by atoms with Crippen molar-refractivity contribution < 1.29 is 14.4 Å². The van der Waals surface area contributed by atoms with Crippen molar-refractivity contribution in [2.24, 2.45) is 5.73 Å². The van der Waals surface area contributed by atoms with Crippen LogP contribution in [0.4, 0.5) is 0 Å². The van der Waals surface area contributed by atoms with Crippen molar-refractivity contribution in [2.75, 3.05) is 12.9 Å². The minimum atomic E-state index is -0.711.